The quantitative estimate of drug-likeness (QED) is 0.294. The molecule has 0 amide bonds. The Morgan fingerprint density at radius 3 is 2.32 bits per heavy atom. The summed E-state index contributed by atoms with van der Waals surface area (Å²) in [5.74, 6) is 1.49. The van der Waals surface area contributed by atoms with Crippen LogP contribution in [0.15, 0.2) is 12.2 Å². The van der Waals surface area contributed by atoms with Crippen LogP contribution < -0.4 is 0 Å². The molecule has 1 nitrogen and oxygen atoms in total. The maximum atomic E-state index is 5.33. The molecule has 2 atom stereocenters. The Hall–Kier alpha value is -0.300. The molecule has 19 heavy (non-hydrogen) atoms. The van der Waals surface area contributed by atoms with E-state index in [-0.39, 0.29) is 0 Å². The van der Waals surface area contributed by atoms with E-state index in [0.717, 1.165) is 24.9 Å². The first-order chi connectivity index (χ1) is 9.28. The van der Waals surface area contributed by atoms with Crippen LogP contribution in [0.5, 0.6) is 0 Å². The molecule has 0 aromatic rings. The van der Waals surface area contributed by atoms with E-state index in [1.54, 1.807) is 0 Å². The maximum Gasteiger partial charge on any atom is 0.0490 e. The maximum absolute atomic E-state index is 5.33. The summed E-state index contributed by atoms with van der Waals surface area (Å²) in [6.45, 7) is 7.71. The van der Waals surface area contributed by atoms with Crippen molar-refractivity contribution in [1.29, 1.82) is 0 Å². The van der Waals surface area contributed by atoms with Crippen LogP contribution in [0.25, 0.3) is 0 Å². The molecule has 0 aromatic carbocycles. The topological polar surface area (TPSA) is 9.23 Å². The molecule has 0 saturated carbocycles. The number of ether oxygens (including phenoxy) is 1. The molecule has 0 N–H and O–H groups in total. The second-order valence-corrected chi connectivity index (χ2v) is 5.76. The number of unbranched alkanes of at least 4 members (excludes halogenated alkanes) is 4. The van der Waals surface area contributed by atoms with E-state index in [1.807, 2.05) is 7.11 Å². The van der Waals surface area contributed by atoms with Gasteiger partial charge in [-0.3, -0.25) is 0 Å². The lowest BCUT2D eigenvalue weighted by Crippen LogP contribution is -2.12. The summed E-state index contributed by atoms with van der Waals surface area (Å²) in [6.07, 6.45) is 16.8. The fourth-order valence-electron chi connectivity index (χ4n) is 2.65. The van der Waals surface area contributed by atoms with E-state index in [9.17, 15) is 0 Å². The van der Waals surface area contributed by atoms with E-state index < -0.39 is 0 Å². The van der Waals surface area contributed by atoms with Gasteiger partial charge in [-0.2, -0.15) is 0 Å². The van der Waals surface area contributed by atoms with Gasteiger partial charge in [0.25, 0.3) is 0 Å². The summed E-state index contributed by atoms with van der Waals surface area (Å²) in [5, 5.41) is 0. The van der Waals surface area contributed by atoms with Crippen LogP contribution in [0.3, 0.4) is 0 Å². The zero-order valence-electron chi connectivity index (χ0n) is 13.8. The van der Waals surface area contributed by atoms with Crippen molar-refractivity contribution in [1.82, 2.24) is 0 Å². The number of hydrogen-bond acceptors (Lipinski definition) is 1. The number of hydrogen-bond donors (Lipinski definition) is 0. The van der Waals surface area contributed by atoms with Gasteiger partial charge in [-0.05, 0) is 31.1 Å². The fourth-order valence-corrected chi connectivity index (χ4v) is 2.65. The van der Waals surface area contributed by atoms with Crippen molar-refractivity contribution >= 4 is 0 Å². The molecule has 0 radical (unpaired) electrons. The van der Waals surface area contributed by atoms with E-state index in [4.69, 9.17) is 4.74 Å². The molecule has 0 saturated heterocycles. The van der Waals surface area contributed by atoms with Crippen LogP contribution in [0.4, 0.5) is 0 Å². The van der Waals surface area contributed by atoms with Crippen LogP contribution in [0.2, 0.25) is 0 Å². The first-order valence-corrected chi connectivity index (χ1v) is 8.43. The van der Waals surface area contributed by atoms with Gasteiger partial charge in [-0.1, -0.05) is 71.4 Å². The Labute approximate surface area is 121 Å². The van der Waals surface area contributed by atoms with Gasteiger partial charge in [-0.25, -0.2) is 0 Å². The first kappa shape index (κ1) is 18.7. The van der Waals surface area contributed by atoms with Crippen LogP contribution in [0.1, 0.15) is 78.6 Å². The summed E-state index contributed by atoms with van der Waals surface area (Å²) in [5.41, 5.74) is 0. The third-order valence-electron chi connectivity index (χ3n) is 3.94. The fraction of sp³-hybridized carbons (Fsp3) is 0.889. The van der Waals surface area contributed by atoms with Crippen molar-refractivity contribution in [2.45, 2.75) is 78.6 Å². The van der Waals surface area contributed by atoms with Crippen molar-refractivity contribution in [3.8, 4) is 0 Å². The molecular formula is C18H36O. The van der Waals surface area contributed by atoms with Crippen molar-refractivity contribution in [3.63, 3.8) is 0 Å². The Morgan fingerprint density at radius 1 is 1.00 bits per heavy atom. The van der Waals surface area contributed by atoms with Gasteiger partial charge < -0.3 is 4.74 Å². The molecule has 1 heteroatoms. The largest absolute Gasteiger partial charge is 0.384 e. The molecule has 0 fully saturated rings. The monoisotopic (exact) mass is 268 g/mol. The molecule has 0 aliphatic rings. The highest BCUT2D eigenvalue weighted by atomic mass is 16.5. The average Bonchev–Trinajstić information content (AvgIpc) is 2.43. The zero-order chi connectivity index (χ0) is 14.3. The highest BCUT2D eigenvalue weighted by Crippen LogP contribution is 2.23. The molecule has 0 aliphatic heterocycles. The SMILES string of the molecule is CCC=CC(CCCCCCC)CC(CC)COC. The summed E-state index contributed by atoms with van der Waals surface area (Å²) in [6, 6.07) is 0. The zero-order valence-corrected chi connectivity index (χ0v) is 13.8. The number of rotatable bonds is 13. The average molecular weight is 268 g/mol. The first-order valence-electron chi connectivity index (χ1n) is 8.43. The highest BCUT2D eigenvalue weighted by molar-refractivity contribution is 4.88. The van der Waals surface area contributed by atoms with Crippen molar-refractivity contribution in [3.05, 3.63) is 12.2 Å². The Kier molecular flexibility index (Phi) is 13.9. The second kappa shape index (κ2) is 14.1. The predicted molar refractivity (Wildman–Crippen MR) is 86.6 cm³/mol. The van der Waals surface area contributed by atoms with Crippen LogP contribution >= 0.6 is 0 Å². The smallest absolute Gasteiger partial charge is 0.0490 e. The molecule has 2 unspecified atom stereocenters. The molecular weight excluding hydrogens is 232 g/mol. The second-order valence-electron chi connectivity index (χ2n) is 5.76. The Morgan fingerprint density at radius 2 is 1.74 bits per heavy atom. The highest BCUT2D eigenvalue weighted by Gasteiger charge is 2.12. The lowest BCUT2D eigenvalue weighted by Gasteiger charge is -2.20. The minimum Gasteiger partial charge on any atom is -0.384 e. The van der Waals surface area contributed by atoms with Gasteiger partial charge in [0.15, 0.2) is 0 Å². The number of methoxy groups -OCH3 is 1. The Bertz CT molecular complexity index is 198. The van der Waals surface area contributed by atoms with E-state index in [0.29, 0.717) is 0 Å². The minimum absolute atomic E-state index is 0.729. The van der Waals surface area contributed by atoms with Crippen LogP contribution in [0, 0.1) is 11.8 Å². The van der Waals surface area contributed by atoms with Gasteiger partial charge >= 0.3 is 0 Å². The predicted octanol–water partition coefficient (Wildman–Crippen LogP) is 5.99. The van der Waals surface area contributed by atoms with Gasteiger partial charge in [0.2, 0.25) is 0 Å². The van der Waals surface area contributed by atoms with Crippen LogP contribution in [-0.4, -0.2) is 13.7 Å². The molecule has 0 aliphatic carbocycles. The molecule has 0 aromatic heterocycles. The van der Waals surface area contributed by atoms with E-state index >= 15 is 0 Å². The summed E-state index contributed by atoms with van der Waals surface area (Å²) < 4.78 is 5.33. The van der Waals surface area contributed by atoms with Crippen LogP contribution in [-0.2, 0) is 4.74 Å². The molecule has 0 bridgehead atoms. The number of allylic oxidation sites excluding steroid dienone is 2. The molecule has 0 heterocycles. The lowest BCUT2D eigenvalue weighted by atomic mass is 9.88. The van der Waals surface area contributed by atoms with Gasteiger partial charge in [0.05, 0.1) is 0 Å². The third kappa shape index (κ3) is 11.2. The summed E-state index contributed by atoms with van der Waals surface area (Å²) >= 11 is 0. The lowest BCUT2D eigenvalue weighted by molar-refractivity contribution is 0.138. The molecule has 0 rings (SSSR count). The van der Waals surface area contributed by atoms with Gasteiger partial charge in [0.1, 0.15) is 0 Å². The Balaban J connectivity index is 4.03. The summed E-state index contributed by atoms with van der Waals surface area (Å²) in [7, 11) is 1.82. The van der Waals surface area contributed by atoms with Crippen molar-refractivity contribution in [2.24, 2.45) is 11.8 Å². The van der Waals surface area contributed by atoms with E-state index in [1.165, 1.54) is 51.4 Å². The van der Waals surface area contributed by atoms with Crippen molar-refractivity contribution in [2.75, 3.05) is 13.7 Å². The van der Waals surface area contributed by atoms with Crippen molar-refractivity contribution < 1.29 is 4.74 Å². The standard InChI is InChI=1S/C18H36O/c1-5-8-10-11-12-14-18(13-9-6-2)15-17(7-3)16-19-4/h9,13,17-18H,5-8,10-12,14-16H2,1-4H3. The molecule has 0 spiro atoms. The molecule has 114 valence electrons. The van der Waals surface area contributed by atoms with Gasteiger partial charge in [-0.15, -0.1) is 0 Å². The van der Waals surface area contributed by atoms with E-state index in [2.05, 4.69) is 32.9 Å². The third-order valence-corrected chi connectivity index (χ3v) is 3.94. The summed E-state index contributed by atoms with van der Waals surface area (Å²) in [4.78, 5) is 0. The normalized spacial score (nSPS) is 14.9. The minimum atomic E-state index is 0.729. The van der Waals surface area contributed by atoms with Gasteiger partial charge in [0, 0.05) is 13.7 Å².